The number of furan rings is 1. The summed E-state index contributed by atoms with van der Waals surface area (Å²) in [7, 11) is 0. The van der Waals surface area contributed by atoms with Gasteiger partial charge in [0.25, 0.3) is 0 Å². The van der Waals surface area contributed by atoms with Crippen molar-refractivity contribution in [2.24, 2.45) is 5.41 Å². The molecule has 0 aliphatic heterocycles. The summed E-state index contributed by atoms with van der Waals surface area (Å²) in [5, 5.41) is 3.41. The highest BCUT2D eigenvalue weighted by Crippen LogP contribution is 2.47. The van der Waals surface area contributed by atoms with Gasteiger partial charge in [-0.3, -0.25) is 4.57 Å². The molecule has 0 saturated heterocycles. The fourth-order valence-corrected chi connectivity index (χ4v) is 8.52. The van der Waals surface area contributed by atoms with Gasteiger partial charge in [0.1, 0.15) is 16.9 Å². The Morgan fingerprint density at radius 1 is 0.604 bits per heavy atom. The van der Waals surface area contributed by atoms with E-state index in [4.69, 9.17) is 14.4 Å². The van der Waals surface area contributed by atoms with Crippen molar-refractivity contribution in [3.8, 4) is 39.3 Å². The van der Waals surface area contributed by atoms with Crippen LogP contribution in [0, 0.1) is 5.41 Å². The minimum atomic E-state index is -0.128. The maximum Gasteiger partial charge on any atom is 0.164 e. The highest BCUT2D eigenvalue weighted by Gasteiger charge is 2.35. The number of aromatic nitrogens is 3. The smallest absolute Gasteiger partial charge is 0.164 e. The zero-order valence-corrected chi connectivity index (χ0v) is 29.1. The Balaban J connectivity index is 1.24. The Hall–Kier alpha value is -6.78. The topological polar surface area (TPSA) is 43.9 Å². The molecule has 9 aromatic rings. The second-order valence-corrected chi connectivity index (χ2v) is 14.4. The van der Waals surface area contributed by atoms with E-state index in [0.717, 1.165) is 84.2 Å². The van der Waals surface area contributed by atoms with Crippen LogP contribution in [0.1, 0.15) is 18.2 Å². The number of hydrogen-bond donors (Lipinski definition) is 0. The fourth-order valence-electron chi connectivity index (χ4n) is 8.52. The molecule has 0 N–H and O–H groups in total. The highest BCUT2D eigenvalue weighted by molar-refractivity contribution is 6.06. The van der Waals surface area contributed by atoms with Crippen molar-refractivity contribution < 1.29 is 4.42 Å². The van der Waals surface area contributed by atoms with Crippen LogP contribution in [-0.2, 0) is 6.42 Å². The molecule has 2 aliphatic carbocycles. The third-order valence-electron chi connectivity index (χ3n) is 11.2. The zero-order valence-electron chi connectivity index (χ0n) is 29.1. The minimum Gasteiger partial charge on any atom is -0.456 e. The average Bonchev–Trinajstić information content (AvgIpc) is 3.73. The quantitative estimate of drug-likeness (QED) is 0.186. The minimum absolute atomic E-state index is 0.128. The number of rotatable bonds is 4. The molecule has 6 aromatic carbocycles. The van der Waals surface area contributed by atoms with E-state index in [0.29, 0.717) is 0 Å². The van der Waals surface area contributed by atoms with Crippen molar-refractivity contribution in [3.05, 3.63) is 181 Å². The second kappa shape index (κ2) is 11.4. The maximum absolute atomic E-state index is 6.43. The first-order valence-electron chi connectivity index (χ1n) is 18.2. The van der Waals surface area contributed by atoms with Crippen molar-refractivity contribution in [3.63, 3.8) is 0 Å². The van der Waals surface area contributed by atoms with Gasteiger partial charge in [0.2, 0.25) is 0 Å². The molecular formula is C49H33N3O. The van der Waals surface area contributed by atoms with Gasteiger partial charge in [-0.05, 0) is 70.3 Å². The molecule has 1 atom stereocenters. The zero-order chi connectivity index (χ0) is 35.1. The number of para-hydroxylation sites is 2. The Bertz CT molecular complexity index is 3030. The summed E-state index contributed by atoms with van der Waals surface area (Å²) in [4.78, 5) is 11.2. The van der Waals surface area contributed by atoms with E-state index < -0.39 is 0 Å². The van der Waals surface area contributed by atoms with Gasteiger partial charge in [0.05, 0.1) is 16.6 Å². The van der Waals surface area contributed by atoms with E-state index in [1.807, 2.05) is 12.1 Å². The first-order chi connectivity index (χ1) is 26.1. The maximum atomic E-state index is 6.43. The monoisotopic (exact) mass is 679 g/mol. The highest BCUT2D eigenvalue weighted by atomic mass is 16.3. The lowest BCUT2D eigenvalue weighted by molar-refractivity contribution is 0.505. The number of nitrogens with zero attached hydrogens (tertiary/aromatic N) is 3. The van der Waals surface area contributed by atoms with E-state index >= 15 is 0 Å². The van der Waals surface area contributed by atoms with Gasteiger partial charge in [0.15, 0.2) is 5.82 Å². The molecule has 0 fully saturated rings. The second-order valence-electron chi connectivity index (χ2n) is 14.4. The number of fused-ring (bicyclic) bond motifs is 8. The standard InChI is InChI=1S/C49H33N3O/c1-49-25-13-12-18-34(49)27-40-35-19-8-10-21-43(35)52(44(40)30-49)48-47(33-23-24-37-36-20-9-11-22-45(36)53-46(37)26-33)50-41-28-38(31-14-4-2-5-15-31)39(29-42(41)51-48)32-16-6-3-7-17-32/h2-29H,30H2,1H3. The molecule has 0 amide bonds. The molecular weight excluding hydrogens is 647 g/mol. The normalized spacial score (nSPS) is 16.4. The molecule has 4 heteroatoms. The van der Waals surface area contributed by atoms with Gasteiger partial charge >= 0.3 is 0 Å². The molecule has 0 radical (unpaired) electrons. The van der Waals surface area contributed by atoms with Crippen LogP contribution in [0.25, 0.3) is 89.3 Å². The third kappa shape index (κ3) is 4.62. The van der Waals surface area contributed by atoms with Crippen molar-refractivity contribution in [2.75, 3.05) is 0 Å². The molecule has 0 saturated carbocycles. The van der Waals surface area contributed by atoms with Crippen molar-refractivity contribution in [2.45, 2.75) is 13.3 Å². The van der Waals surface area contributed by atoms with E-state index in [-0.39, 0.29) is 5.41 Å². The summed E-state index contributed by atoms with van der Waals surface area (Å²) in [6, 6.07) is 49.0. The van der Waals surface area contributed by atoms with Gasteiger partial charge in [-0.1, -0.05) is 134 Å². The fraction of sp³-hybridized carbons (Fsp3) is 0.0612. The summed E-state index contributed by atoms with van der Waals surface area (Å²) in [6.07, 6.45) is 12.1. The van der Waals surface area contributed by atoms with Crippen LogP contribution in [0.4, 0.5) is 0 Å². The lowest BCUT2D eigenvalue weighted by Crippen LogP contribution is -2.25. The molecule has 53 heavy (non-hydrogen) atoms. The average molecular weight is 680 g/mol. The number of benzene rings is 6. The molecule has 2 aliphatic rings. The third-order valence-corrected chi connectivity index (χ3v) is 11.2. The van der Waals surface area contributed by atoms with E-state index in [1.54, 1.807) is 0 Å². The van der Waals surface area contributed by atoms with Gasteiger partial charge in [0, 0.05) is 44.8 Å². The molecule has 3 aromatic heterocycles. The Morgan fingerprint density at radius 3 is 2.04 bits per heavy atom. The van der Waals surface area contributed by atoms with Crippen LogP contribution in [0.2, 0.25) is 0 Å². The molecule has 4 nitrogen and oxygen atoms in total. The molecule has 250 valence electrons. The van der Waals surface area contributed by atoms with Crippen molar-refractivity contribution in [1.29, 1.82) is 0 Å². The van der Waals surface area contributed by atoms with Crippen LogP contribution in [0.5, 0.6) is 0 Å². The van der Waals surface area contributed by atoms with Gasteiger partial charge < -0.3 is 4.42 Å². The number of hydrogen-bond acceptors (Lipinski definition) is 3. The predicted molar refractivity (Wildman–Crippen MR) is 218 cm³/mol. The summed E-state index contributed by atoms with van der Waals surface area (Å²) in [6.45, 7) is 2.34. The summed E-state index contributed by atoms with van der Waals surface area (Å²) in [5.41, 5.74) is 14.5. The number of allylic oxidation sites excluding steroid dienone is 5. The first-order valence-corrected chi connectivity index (χ1v) is 18.2. The van der Waals surface area contributed by atoms with Crippen molar-refractivity contribution in [1.82, 2.24) is 14.5 Å². The van der Waals surface area contributed by atoms with Crippen LogP contribution >= 0.6 is 0 Å². The summed E-state index contributed by atoms with van der Waals surface area (Å²) < 4.78 is 8.81. The van der Waals surface area contributed by atoms with Crippen LogP contribution in [-0.4, -0.2) is 14.5 Å². The molecule has 3 heterocycles. The lowest BCUT2D eigenvalue weighted by atomic mass is 9.71. The Kier molecular flexibility index (Phi) is 6.41. The molecule has 1 unspecified atom stereocenters. The van der Waals surface area contributed by atoms with Crippen LogP contribution in [0.15, 0.2) is 174 Å². The largest absolute Gasteiger partial charge is 0.456 e. The van der Waals surface area contributed by atoms with Gasteiger partial charge in [-0.2, -0.15) is 0 Å². The van der Waals surface area contributed by atoms with Crippen LogP contribution in [0.3, 0.4) is 0 Å². The van der Waals surface area contributed by atoms with E-state index in [9.17, 15) is 0 Å². The van der Waals surface area contributed by atoms with Crippen molar-refractivity contribution >= 4 is 50.0 Å². The SMILES string of the molecule is CC12C=CC=CC1=Cc1c(n(-c3nc4cc(-c5ccccc5)c(-c5ccccc5)cc4nc3-c3ccc4c(c3)oc3ccccc34)c3ccccc13)C2. The van der Waals surface area contributed by atoms with Gasteiger partial charge in [-0.15, -0.1) is 0 Å². The van der Waals surface area contributed by atoms with Gasteiger partial charge in [-0.25, -0.2) is 9.97 Å². The van der Waals surface area contributed by atoms with E-state index in [1.165, 1.54) is 22.2 Å². The lowest BCUT2D eigenvalue weighted by Gasteiger charge is -2.34. The first kappa shape index (κ1) is 29.9. The predicted octanol–water partition coefficient (Wildman–Crippen LogP) is 12.5. The molecule has 0 spiro atoms. The molecule has 11 rings (SSSR count). The summed E-state index contributed by atoms with van der Waals surface area (Å²) >= 11 is 0. The Morgan fingerprint density at radius 2 is 1.26 bits per heavy atom. The van der Waals surface area contributed by atoms with Crippen LogP contribution < -0.4 is 0 Å². The Labute approximate surface area is 306 Å². The molecule has 0 bridgehead atoms. The van der Waals surface area contributed by atoms with E-state index in [2.05, 4.69) is 169 Å². The summed E-state index contributed by atoms with van der Waals surface area (Å²) in [5.74, 6) is 0.813.